The Kier molecular flexibility index (Phi) is 11.1. The van der Waals surface area contributed by atoms with Gasteiger partial charge in [-0.05, 0) is 81.0 Å². The number of rotatable bonds is 16. The van der Waals surface area contributed by atoms with Gasteiger partial charge in [0, 0.05) is 62.8 Å². The van der Waals surface area contributed by atoms with E-state index in [2.05, 4.69) is 10.6 Å². The van der Waals surface area contributed by atoms with Gasteiger partial charge in [0.15, 0.2) is 17.3 Å². The molecule has 2 aromatic rings. The average molecular weight is 586 g/mol. The molecular formula is C32H44ClN3O5. The van der Waals surface area contributed by atoms with Crippen LogP contribution >= 0.6 is 11.6 Å². The molecule has 2 aliphatic rings. The van der Waals surface area contributed by atoms with Gasteiger partial charge in [-0.25, -0.2) is 0 Å². The largest absolute Gasteiger partial charge is 0.493 e. The Morgan fingerprint density at radius 1 is 1.05 bits per heavy atom. The van der Waals surface area contributed by atoms with Crippen molar-refractivity contribution in [3.05, 3.63) is 58.6 Å². The summed E-state index contributed by atoms with van der Waals surface area (Å²) < 4.78 is 16.5. The molecule has 1 saturated heterocycles. The Morgan fingerprint density at radius 2 is 1.78 bits per heavy atom. The van der Waals surface area contributed by atoms with E-state index in [1.165, 1.54) is 0 Å². The van der Waals surface area contributed by atoms with Crippen LogP contribution < -0.4 is 20.1 Å². The normalized spacial score (nSPS) is 19.3. The summed E-state index contributed by atoms with van der Waals surface area (Å²) in [6, 6.07) is 12.9. The zero-order valence-corrected chi connectivity index (χ0v) is 25.5. The van der Waals surface area contributed by atoms with E-state index in [0.29, 0.717) is 54.2 Å². The summed E-state index contributed by atoms with van der Waals surface area (Å²) in [7, 11) is 3.25. The second-order valence-electron chi connectivity index (χ2n) is 11.5. The van der Waals surface area contributed by atoms with E-state index < -0.39 is 5.54 Å². The molecule has 1 amide bonds. The fourth-order valence-corrected chi connectivity index (χ4v) is 5.58. The Bertz CT molecular complexity index is 1170. The van der Waals surface area contributed by atoms with E-state index in [-0.39, 0.29) is 23.7 Å². The van der Waals surface area contributed by atoms with Crippen molar-refractivity contribution in [2.75, 3.05) is 53.6 Å². The lowest BCUT2D eigenvalue weighted by molar-refractivity contribution is -0.121. The molecule has 0 radical (unpaired) electrons. The van der Waals surface area contributed by atoms with Crippen molar-refractivity contribution in [2.24, 2.45) is 11.8 Å². The second kappa shape index (κ2) is 14.5. The minimum absolute atomic E-state index is 0.0280. The lowest BCUT2D eigenvalue weighted by atomic mass is 9.93. The van der Waals surface area contributed by atoms with Crippen molar-refractivity contribution in [2.45, 2.75) is 51.1 Å². The quantitative estimate of drug-likeness (QED) is 0.283. The van der Waals surface area contributed by atoms with Gasteiger partial charge in [-0.2, -0.15) is 0 Å². The molecule has 9 heteroatoms. The smallest absolute Gasteiger partial charge is 0.254 e. The molecule has 1 saturated carbocycles. The van der Waals surface area contributed by atoms with Crippen molar-refractivity contribution < 1.29 is 23.8 Å². The summed E-state index contributed by atoms with van der Waals surface area (Å²) in [6.07, 6.45) is 2.89. The SMILES string of the molecule is COCCCOc1cc(C(=O)N(C[C@@H]2CNC[C@H]2CNC2(C(=O)Cc3ccc(Cl)cc3)CC2)C(C)C)ccc1OC. The number of halogens is 1. The summed E-state index contributed by atoms with van der Waals surface area (Å²) in [5, 5.41) is 7.81. The lowest BCUT2D eigenvalue weighted by Crippen LogP contribution is -2.46. The summed E-state index contributed by atoms with van der Waals surface area (Å²) >= 11 is 6.00. The standard InChI is InChI=1S/C32H44ClN3O5/c1-22(2)36(31(38)24-8-11-28(40-4)29(17-24)41-15-5-14-39-3)21-26-19-34-18-25(26)20-35-32(12-13-32)30(37)16-23-6-9-27(33)10-7-23/h6-11,17,22,25-26,34-35H,5,12-16,18-21H2,1-4H3/t25-,26-/m0/s1. The van der Waals surface area contributed by atoms with Gasteiger partial charge < -0.3 is 29.7 Å². The summed E-state index contributed by atoms with van der Waals surface area (Å²) in [5.41, 5.74) is 1.14. The van der Waals surface area contributed by atoms with Gasteiger partial charge in [-0.1, -0.05) is 23.7 Å². The van der Waals surface area contributed by atoms with E-state index in [0.717, 1.165) is 44.5 Å². The number of carbonyl (C=O) groups excluding carboxylic acids is 2. The highest BCUT2D eigenvalue weighted by atomic mass is 35.5. The monoisotopic (exact) mass is 585 g/mol. The Balaban J connectivity index is 1.37. The van der Waals surface area contributed by atoms with Crippen LogP contribution in [0.1, 0.15) is 49.0 Å². The number of amides is 1. The average Bonchev–Trinajstić information content (AvgIpc) is 3.64. The first kappa shape index (κ1) is 31.3. The Hall–Kier alpha value is -2.65. The fourth-order valence-electron chi connectivity index (χ4n) is 5.46. The van der Waals surface area contributed by atoms with Crippen molar-refractivity contribution in [1.29, 1.82) is 0 Å². The first-order valence-corrected chi connectivity index (χ1v) is 15.0. The minimum atomic E-state index is -0.427. The van der Waals surface area contributed by atoms with E-state index in [1.807, 2.05) is 43.0 Å². The molecule has 224 valence electrons. The molecule has 0 bridgehead atoms. The van der Waals surface area contributed by atoms with Gasteiger partial charge in [0.1, 0.15) is 0 Å². The maximum Gasteiger partial charge on any atom is 0.254 e. The Morgan fingerprint density at radius 3 is 2.44 bits per heavy atom. The van der Waals surface area contributed by atoms with Crippen LogP contribution in [0.3, 0.4) is 0 Å². The number of hydrogen-bond acceptors (Lipinski definition) is 7. The van der Waals surface area contributed by atoms with Gasteiger partial charge in [-0.15, -0.1) is 0 Å². The molecule has 41 heavy (non-hydrogen) atoms. The third kappa shape index (κ3) is 8.22. The number of carbonyl (C=O) groups is 2. The molecular weight excluding hydrogens is 542 g/mol. The van der Waals surface area contributed by atoms with Gasteiger partial charge >= 0.3 is 0 Å². The maximum atomic E-state index is 13.7. The van der Waals surface area contributed by atoms with Crippen molar-refractivity contribution in [3.63, 3.8) is 0 Å². The van der Waals surface area contributed by atoms with Gasteiger partial charge in [-0.3, -0.25) is 9.59 Å². The summed E-state index contributed by atoms with van der Waals surface area (Å²) in [5.74, 6) is 1.96. The molecule has 4 rings (SSSR count). The molecule has 2 fully saturated rings. The van der Waals surface area contributed by atoms with Crippen LogP contribution in [0.4, 0.5) is 0 Å². The van der Waals surface area contributed by atoms with E-state index in [9.17, 15) is 9.59 Å². The van der Waals surface area contributed by atoms with Crippen LogP contribution in [0, 0.1) is 11.8 Å². The maximum absolute atomic E-state index is 13.7. The zero-order chi connectivity index (χ0) is 29.4. The van der Waals surface area contributed by atoms with Crippen LogP contribution in [0.25, 0.3) is 0 Å². The molecule has 1 heterocycles. The van der Waals surface area contributed by atoms with Gasteiger partial charge in [0.25, 0.3) is 5.91 Å². The van der Waals surface area contributed by atoms with E-state index in [1.54, 1.807) is 32.4 Å². The van der Waals surface area contributed by atoms with Gasteiger partial charge in [0.05, 0.1) is 19.3 Å². The number of ether oxygens (including phenoxy) is 3. The first-order chi connectivity index (χ1) is 19.8. The van der Waals surface area contributed by atoms with Crippen molar-refractivity contribution >= 4 is 23.3 Å². The molecule has 1 aliphatic heterocycles. The molecule has 8 nitrogen and oxygen atoms in total. The summed E-state index contributed by atoms with van der Waals surface area (Å²) in [6.45, 7) is 8.25. The first-order valence-electron chi connectivity index (χ1n) is 14.6. The van der Waals surface area contributed by atoms with Crippen LogP contribution in [0.5, 0.6) is 11.5 Å². The predicted octanol–water partition coefficient (Wildman–Crippen LogP) is 4.38. The topological polar surface area (TPSA) is 89.1 Å². The molecule has 2 N–H and O–H groups in total. The third-order valence-corrected chi connectivity index (χ3v) is 8.47. The number of hydrogen-bond donors (Lipinski definition) is 2. The molecule has 0 spiro atoms. The number of Topliss-reactive ketones (excluding diaryl/α,β-unsaturated/α-hetero) is 1. The van der Waals surface area contributed by atoms with E-state index >= 15 is 0 Å². The van der Waals surface area contributed by atoms with Crippen LogP contribution in [0.2, 0.25) is 5.02 Å². The highest BCUT2D eigenvalue weighted by Gasteiger charge is 2.49. The Labute approximate surface area is 249 Å². The predicted molar refractivity (Wildman–Crippen MR) is 161 cm³/mol. The number of nitrogens with one attached hydrogen (secondary N) is 2. The molecule has 0 unspecified atom stereocenters. The number of ketones is 1. The summed E-state index contributed by atoms with van der Waals surface area (Å²) in [4.78, 5) is 28.8. The highest BCUT2D eigenvalue weighted by Crippen LogP contribution is 2.38. The molecule has 0 aromatic heterocycles. The molecule has 2 atom stereocenters. The van der Waals surface area contributed by atoms with Crippen LogP contribution in [-0.4, -0.2) is 81.8 Å². The lowest BCUT2D eigenvalue weighted by Gasteiger charge is -2.32. The number of nitrogens with zero attached hydrogens (tertiary/aromatic N) is 1. The number of methoxy groups -OCH3 is 2. The fraction of sp³-hybridized carbons (Fsp3) is 0.562. The van der Waals surface area contributed by atoms with Crippen LogP contribution in [0.15, 0.2) is 42.5 Å². The molecule has 1 aliphatic carbocycles. The van der Waals surface area contributed by atoms with Crippen molar-refractivity contribution in [3.8, 4) is 11.5 Å². The van der Waals surface area contributed by atoms with E-state index in [4.69, 9.17) is 25.8 Å². The number of benzene rings is 2. The van der Waals surface area contributed by atoms with Crippen molar-refractivity contribution in [1.82, 2.24) is 15.5 Å². The van der Waals surface area contributed by atoms with Gasteiger partial charge in [0.2, 0.25) is 0 Å². The third-order valence-electron chi connectivity index (χ3n) is 8.22. The molecule has 2 aromatic carbocycles. The zero-order valence-electron chi connectivity index (χ0n) is 24.7. The highest BCUT2D eigenvalue weighted by molar-refractivity contribution is 6.30. The minimum Gasteiger partial charge on any atom is -0.493 e. The second-order valence-corrected chi connectivity index (χ2v) is 11.9. The van der Waals surface area contributed by atoms with Crippen LogP contribution in [-0.2, 0) is 16.0 Å².